The van der Waals surface area contributed by atoms with E-state index < -0.39 is 17.8 Å². The van der Waals surface area contributed by atoms with E-state index in [1.165, 1.54) is 38.5 Å². The molecule has 3 fully saturated rings. The van der Waals surface area contributed by atoms with Crippen LogP contribution in [0.15, 0.2) is 47.6 Å². The first-order valence-electron chi connectivity index (χ1n) is 12.8. The molecule has 3 heteroatoms. The van der Waals surface area contributed by atoms with Gasteiger partial charge in [-0.25, -0.2) is 0 Å². The first-order chi connectivity index (χ1) is 15.0. The quantitative estimate of drug-likeness (QED) is 0.435. The van der Waals surface area contributed by atoms with Crippen LogP contribution in [0.2, 0.25) is 0 Å². The van der Waals surface area contributed by atoms with Crippen molar-refractivity contribution in [3.8, 4) is 0 Å². The molecule has 32 heavy (non-hydrogen) atoms. The Morgan fingerprint density at radius 3 is 2.34 bits per heavy atom. The van der Waals surface area contributed by atoms with E-state index in [0.717, 1.165) is 5.57 Å². The monoisotopic (exact) mass is 442 g/mol. The molecule has 1 unspecified atom stereocenters. The SMILES string of the molecule is C=C1[C@H](O)CC(=C/C=C2\CCC[C@]3(CC)C([C@@H](C)/C=C/[C@H](C)C(C)(C)O)CC[C@@H]23)C[C@H]1O. The minimum absolute atomic E-state index is 0.144. The first-order valence-corrected chi connectivity index (χ1v) is 12.8. The number of aliphatic hydroxyl groups is 3. The van der Waals surface area contributed by atoms with Gasteiger partial charge in [-0.1, -0.05) is 62.8 Å². The molecular formula is C29H46O3. The van der Waals surface area contributed by atoms with Crippen LogP contribution in [0.4, 0.5) is 0 Å². The van der Waals surface area contributed by atoms with E-state index in [-0.39, 0.29) is 5.92 Å². The summed E-state index contributed by atoms with van der Waals surface area (Å²) >= 11 is 0. The molecule has 0 aromatic heterocycles. The molecule has 0 spiro atoms. The van der Waals surface area contributed by atoms with Crippen LogP contribution >= 0.6 is 0 Å². The molecule has 0 aliphatic heterocycles. The number of hydrogen-bond donors (Lipinski definition) is 3. The van der Waals surface area contributed by atoms with Crippen LogP contribution in [0.1, 0.15) is 86.0 Å². The number of fused-ring (bicyclic) bond motifs is 1. The fourth-order valence-corrected chi connectivity index (χ4v) is 6.70. The molecule has 3 aliphatic carbocycles. The van der Waals surface area contributed by atoms with Crippen LogP contribution < -0.4 is 0 Å². The molecule has 180 valence electrons. The summed E-state index contributed by atoms with van der Waals surface area (Å²) in [6.45, 7) is 14.4. The molecule has 3 rings (SSSR count). The van der Waals surface area contributed by atoms with Gasteiger partial charge in [0.25, 0.3) is 0 Å². The molecule has 0 saturated heterocycles. The Balaban J connectivity index is 1.78. The van der Waals surface area contributed by atoms with Gasteiger partial charge in [0.2, 0.25) is 0 Å². The van der Waals surface area contributed by atoms with Crippen molar-refractivity contribution in [3.05, 3.63) is 47.6 Å². The summed E-state index contributed by atoms with van der Waals surface area (Å²) in [5.74, 6) is 1.97. The second-order valence-electron chi connectivity index (χ2n) is 11.4. The standard InChI is InChI=1S/C29H46O3/c1-7-29-16-8-9-23(13-12-22-17-26(30)21(4)27(31)18-22)25(29)15-14-24(29)19(2)10-11-20(3)28(5,6)32/h10-13,19-20,24-27,30-32H,4,7-9,14-18H2,1-3,5-6H3/b11-10+,23-13+/t19-,20-,24?,25-,26+,27+,29+/m0/s1. The predicted molar refractivity (Wildman–Crippen MR) is 133 cm³/mol. The van der Waals surface area contributed by atoms with Gasteiger partial charge in [0.1, 0.15) is 0 Å². The third-order valence-electron chi connectivity index (χ3n) is 9.16. The molecule has 3 saturated carbocycles. The van der Waals surface area contributed by atoms with E-state index >= 15 is 0 Å². The molecule has 0 heterocycles. The summed E-state index contributed by atoms with van der Waals surface area (Å²) in [5.41, 5.74) is 2.94. The van der Waals surface area contributed by atoms with Gasteiger partial charge in [0.05, 0.1) is 17.8 Å². The lowest BCUT2D eigenvalue weighted by Crippen LogP contribution is -2.38. The summed E-state index contributed by atoms with van der Waals surface area (Å²) in [6.07, 6.45) is 16.5. The summed E-state index contributed by atoms with van der Waals surface area (Å²) < 4.78 is 0. The molecule has 3 nitrogen and oxygen atoms in total. The van der Waals surface area contributed by atoms with E-state index in [4.69, 9.17) is 0 Å². The van der Waals surface area contributed by atoms with Gasteiger partial charge >= 0.3 is 0 Å². The molecule has 0 aromatic rings. The minimum Gasteiger partial charge on any atom is -0.390 e. The molecule has 3 N–H and O–H groups in total. The maximum atomic E-state index is 10.3. The smallest absolute Gasteiger partial charge is 0.0809 e. The predicted octanol–water partition coefficient (Wildman–Crippen LogP) is 6.12. The number of hydrogen-bond acceptors (Lipinski definition) is 3. The lowest BCUT2D eigenvalue weighted by atomic mass is 9.58. The van der Waals surface area contributed by atoms with Crippen LogP contribution in [0.5, 0.6) is 0 Å². The number of aliphatic hydroxyl groups excluding tert-OH is 2. The highest BCUT2D eigenvalue weighted by molar-refractivity contribution is 5.30. The lowest BCUT2D eigenvalue weighted by molar-refractivity contribution is 0.0434. The second kappa shape index (κ2) is 9.99. The zero-order valence-corrected chi connectivity index (χ0v) is 21.0. The zero-order chi connectivity index (χ0) is 23.7. The Hall–Kier alpha value is -1.16. The van der Waals surface area contributed by atoms with Gasteiger partial charge in [-0.3, -0.25) is 0 Å². The largest absolute Gasteiger partial charge is 0.390 e. The molecule has 0 bridgehead atoms. The molecule has 0 radical (unpaired) electrons. The Labute approximate surface area is 196 Å². The number of allylic oxidation sites excluding steroid dienone is 4. The van der Waals surface area contributed by atoms with Crippen molar-refractivity contribution in [2.45, 2.75) is 104 Å². The summed E-state index contributed by atoms with van der Waals surface area (Å²) in [6, 6.07) is 0. The Morgan fingerprint density at radius 2 is 1.75 bits per heavy atom. The van der Waals surface area contributed by atoms with Gasteiger partial charge < -0.3 is 15.3 Å². The average molecular weight is 443 g/mol. The Kier molecular flexibility index (Phi) is 7.95. The lowest BCUT2D eigenvalue weighted by Gasteiger charge is -2.46. The van der Waals surface area contributed by atoms with E-state index in [2.05, 4.69) is 51.7 Å². The van der Waals surface area contributed by atoms with Crippen LogP contribution in [0.25, 0.3) is 0 Å². The van der Waals surface area contributed by atoms with Gasteiger partial charge in [0.15, 0.2) is 0 Å². The number of rotatable bonds is 6. The van der Waals surface area contributed by atoms with Crippen LogP contribution in [0, 0.1) is 29.1 Å². The van der Waals surface area contributed by atoms with Crippen molar-refractivity contribution in [2.75, 3.05) is 0 Å². The summed E-state index contributed by atoms with van der Waals surface area (Å²) in [5, 5.41) is 30.7. The van der Waals surface area contributed by atoms with Gasteiger partial charge in [-0.2, -0.15) is 0 Å². The highest BCUT2D eigenvalue weighted by Crippen LogP contribution is 2.61. The maximum Gasteiger partial charge on any atom is 0.0809 e. The second-order valence-corrected chi connectivity index (χ2v) is 11.4. The molecule has 0 aromatic carbocycles. The van der Waals surface area contributed by atoms with Crippen LogP contribution in [-0.2, 0) is 0 Å². The van der Waals surface area contributed by atoms with Crippen LogP contribution in [0.3, 0.4) is 0 Å². The van der Waals surface area contributed by atoms with Crippen molar-refractivity contribution < 1.29 is 15.3 Å². The third kappa shape index (κ3) is 5.16. The molecule has 7 atom stereocenters. The van der Waals surface area contributed by atoms with E-state index in [1.54, 1.807) is 5.57 Å². The van der Waals surface area contributed by atoms with Crippen molar-refractivity contribution in [1.29, 1.82) is 0 Å². The normalized spacial score (nSPS) is 37.1. The van der Waals surface area contributed by atoms with Gasteiger partial charge in [-0.15, -0.1) is 0 Å². The summed E-state index contributed by atoms with van der Waals surface area (Å²) in [4.78, 5) is 0. The molecule has 3 aliphatic rings. The van der Waals surface area contributed by atoms with Gasteiger partial charge in [-0.05, 0) is 94.0 Å². The van der Waals surface area contributed by atoms with Crippen molar-refractivity contribution in [2.24, 2.45) is 29.1 Å². The average Bonchev–Trinajstić information content (AvgIpc) is 3.13. The third-order valence-corrected chi connectivity index (χ3v) is 9.16. The Morgan fingerprint density at radius 1 is 1.09 bits per heavy atom. The van der Waals surface area contributed by atoms with E-state index in [1.807, 2.05) is 13.8 Å². The van der Waals surface area contributed by atoms with Crippen molar-refractivity contribution >= 4 is 0 Å². The fraction of sp³-hybridized carbons (Fsp3) is 0.724. The maximum absolute atomic E-state index is 10.3. The van der Waals surface area contributed by atoms with Gasteiger partial charge in [0, 0.05) is 5.92 Å². The topological polar surface area (TPSA) is 60.7 Å². The van der Waals surface area contributed by atoms with Crippen molar-refractivity contribution in [1.82, 2.24) is 0 Å². The highest BCUT2D eigenvalue weighted by Gasteiger charge is 2.52. The van der Waals surface area contributed by atoms with Crippen LogP contribution in [-0.4, -0.2) is 33.1 Å². The molecular weight excluding hydrogens is 396 g/mol. The summed E-state index contributed by atoms with van der Waals surface area (Å²) in [7, 11) is 0. The zero-order valence-electron chi connectivity index (χ0n) is 21.0. The minimum atomic E-state index is -0.683. The van der Waals surface area contributed by atoms with Crippen molar-refractivity contribution in [3.63, 3.8) is 0 Å². The highest BCUT2D eigenvalue weighted by atomic mass is 16.3. The van der Waals surface area contributed by atoms with E-state index in [9.17, 15) is 15.3 Å². The van der Waals surface area contributed by atoms with E-state index in [0.29, 0.717) is 41.6 Å². The fourth-order valence-electron chi connectivity index (χ4n) is 6.70. The molecule has 0 amide bonds. The first kappa shape index (κ1) is 25.5. The Bertz CT molecular complexity index is 752.